The monoisotopic (exact) mass is 393 g/mol. The molecular weight excluding hydrogens is 378 g/mol. The van der Waals surface area contributed by atoms with Crippen LogP contribution in [0.1, 0.15) is 5.82 Å². The second-order valence-corrected chi connectivity index (χ2v) is 6.73. The lowest BCUT2D eigenvalue weighted by Gasteiger charge is -2.10. The molecule has 0 spiro atoms. The number of aromatic nitrogens is 4. The lowest BCUT2D eigenvalue weighted by Crippen LogP contribution is -2.01. The van der Waals surface area contributed by atoms with Gasteiger partial charge in [-0.15, -0.1) is 0 Å². The Balaban J connectivity index is 1.68. The quantitative estimate of drug-likeness (QED) is 0.510. The predicted molar refractivity (Wildman–Crippen MR) is 105 cm³/mol. The van der Waals surface area contributed by atoms with E-state index < -0.39 is 10.3 Å². The number of rotatable bonds is 4. The second kappa shape index (κ2) is 7.49. The first-order chi connectivity index (χ1) is 13.6. The van der Waals surface area contributed by atoms with Crippen LogP contribution in [0.25, 0.3) is 11.0 Å². The zero-order chi connectivity index (χ0) is 19.5. The van der Waals surface area contributed by atoms with Crippen molar-refractivity contribution >= 4 is 32.8 Å². The highest BCUT2D eigenvalue weighted by molar-refractivity contribution is 7.63. The van der Waals surface area contributed by atoms with E-state index in [-0.39, 0.29) is 4.77 Å². The Hall–Kier alpha value is -3.72. The summed E-state index contributed by atoms with van der Waals surface area (Å²) in [5, 5.41) is 3.11. The lowest BCUT2D eigenvalue weighted by molar-refractivity contribution is 0.483. The smallest absolute Gasteiger partial charge is 0.258 e. The largest absolute Gasteiger partial charge is 0.457 e. The van der Waals surface area contributed by atoms with Crippen molar-refractivity contribution in [3.8, 4) is 11.5 Å². The fourth-order valence-corrected chi connectivity index (χ4v) is 2.93. The highest BCUT2D eigenvalue weighted by atomic mass is 32.2. The van der Waals surface area contributed by atoms with Gasteiger partial charge < -0.3 is 15.0 Å². The molecule has 4 rings (SSSR count). The van der Waals surface area contributed by atoms with Crippen molar-refractivity contribution in [2.45, 2.75) is 6.92 Å². The number of hydrogen-bond acceptors (Lipinski definition) is 7. The van der Waals surface area contributed by atoms with Gasteiger partial charge in [0.15, 0.2) is 5.82 Å². The van der Waals surface area contributed by atoms with Crippen molar-refractivity contribution in [3.05, 3.63) is 71.4 Å². The van der Waals surface area contributed by atoms with Crippen LogP contribution < -0.4 is 10.1 Å². The number of anilines is 2. The summed E-state index contributed by atoms with van der Waals surface area (Å²) < 4.78 is 28.3. The maximum Gasteiger partial charge on any atom is 0.258 e. The van der Waals surface area contributed by atoms with Crippen LogP contribution in [0.15, 0.2) is 60.8 Å². The summed E-state index contributed by atoms with van der Waals surface area (Å²) in [4.78, 5) is 15.3. The average Bonchev–Trinajstić information content (AvgIpc) is 2.70. The number of nitrogens with zero attached hydrogens (tertiary/aromatic N) is 3. The predicted octanol–water partition coefficient (Wildman–Crippen LogP) is 3.61. The molecule has 2 N–H and O–H groups in total. The third-order valence-corrected chi connectivity index (χ3v) is 4.35. The molecule has 2 aromatic carbocycles. The molecule has 0 aliphatic rings. The molecule has 2 heterocycles. The van der Waals surface area contributed by atoms with Gasteiger partial charge >= 0.3 is 0 Å². The second-order valence-electron chi connectivity index (χ2n) is 5.87. The van der Waals surface area contributed by atoms with Gasteiger partial charge in [-0.3, -0.25) is 0 Å². The molecule has 0 aliphatic carbocycles. The number of aryl methyl sites for hydroxylation is 1. The number of para-hydroxylation sites is 1. The molecule has 0 radical (unpaired) electrons. The summed E-state index contributed by atoms with van der Waals surface area (Å²) in [5.41, 5.74) is 1.66. The summed E-state index contributed by atoms with van der Waals surface area (Å²) in [6.45, 7) is 1.75. The Labute approximate surface area is 161 Å². The third kappa shape index (κ3) is 3.84. The van der Waals surface area contributed by atoms with Gasteiger partial charge in [0.2, 0.25) is 0 Å². The van der Waals surface area contributed by atoms with Crippen LogP contribution in [0, 0.1) is 11.7 Å². The summed E-state index contributed by atoms with van der Waals surface area (Å²) in [7, 11) is -2.52. The molecule has 0 amide bonds. The molecule has 0 saturated carbocycles. The first-order valence-electron chi connectivity index (χ1n) is 8.34. The molecule has 2 aromatic heterocycles. The van der Waals surface area contributed by atoms with Gasteiger partial charge in [0.1, 0.15) is 22.8 Å². The normalized spacial score (nSPS) is 10.6. The summed E-state index contributed by atoms with van der Waals surface area (Å²) in [5.74, 6) is 2.28. The van der Waals surface area contributed by atoms with Crippen molar-refractivity contribution in [1.82, 2.24) is 19.9 Å². The fraction of sp³-hybridized carbons (Fsp3) is 0.0526. The first kappa shape index (κ1) is 17.7. The van der Waals surface area contributed by atoms with E-state index in [1.807, 2.05) is 42.5 Å². The Morgan fingerprint density at radius 3 is 2.39 bits per heavy atom. The van der Waals surface area contributed by atoms with Crippen LogP contribution in [0.5, 0.6) is 11.5 Å². The zero-order valence-corrected chi connectivity index (χ0v) is 15.6. The number of H-pyrrole nitrogens is 1. The molecule has 0 bridgehead atoms. The van der Waals surface area contributed by atoms with Gasteiger partial charge in [0.25, 0.3) is 15.1 Å². The van der Waals surface area contributed by atoms with Crippen molar-refractivity contribution in [3.63, 3.8) is 0 Å². The lowest BCUT2D eigenvalue weighted by atomic mass is 10.3. The minimum absolute atomic E-state index is 0.202. The molecule has 28 heavy (non-hydrogen) atoms. The third-order valence-electron chi connectivity index (χ3n) is 3.84. The minimum Gasteiger partial charge on any atom is -0.457 e. The van der Waals surface area contributed by atoms with E-state index in [0.717, 1.165) is 5.75 Å². The van der Waals surface area contributed by atoms with Crippen molar-refractivity contribution in [2.75, 3.05) is 5.32 Å². The zero-order valence-electron chi connectivity index (χ0n) is 14.7. The Morgan fingerprint density at radius 1 is 0.964 bits per heavy atom. The number of hydrogen-bond donors (Lipinski definition) is 2. The van der Waals surface area contributed by atoms with Crippen LogP contribution in [-0.4, -0.2) is 28.4 Å². The highest BCUT2D eigenvalue weighted by Crippen LogP contribution is 2.25. The highest BCUT2D eigenvalue weighted by Gasteiger charge is 2.08. The van der Waals surface area contributed by atoms with E-state index in [1.165, 1.54) is 6.20 Å². The SMILES string of the molecule is Cc1ncc2[nH]c(=S(=O)=O)nc(Nc3ccc(Oc4ccccc4)cc3)c2n1. The Morgan fingerprint density at radius 2 is 1.68 bits per heavy atom. The topological polar surface area (TPSA) is 110 Å². The van der Waals surface area contributed by atoms with Crippen molar-refractivity contribution in [1.29, 1.82) is 0 Å². The van der Waals surface area contributed by atoms with Gasteiger partial charge in [-0.1, -0.05) is 18.2 Å². The molecule has 0 aliphatic heterocycles. The van der Waals surface area contributed by atoms with Crippen LogP contribution in [0.2, 0.25) is 0 Å². The Bertz CT molecular complexity index is 1310. The number of fused-ring (bicyclic) bond motifs is 1. The molecule has 0 fully saturated rings. The van der Waals surface area contributed by atoms with Gasteiger partial charge in [-0.2, -0.15) is 13.4 Å². The number of aromatic amines is 1. The molecule has 0 saturated heterocycles. The molecular formula is C19H15N5O3S. The average molecular weight is 393 g/mol. The van der Waals surface area contributed by atoms with E-state index in [2.05, 4.69) is 25.3 Å². The van der Waals surface area contributed by atoms with Crippen molar-refractivity contribution < 1.29 is 13.2 Å². The Kier molecular flexibility index (Phi) is 4.73. The van der Waals surface area contributed by atoms with Crippen LogP contribution in [0.3, 0.4) is 0 Å². The molecule has 4 aromatic rings. The van der Waals surface area contributed by atoms with Crippen LogP contribution in [-0.2, 0) is 10.3 Å². The minimum atomic E-state index is -2.52. The summed E-state index contributed by atoms with van der Waals surface area (Å²) >= 11 is 0. The van der Waals surface area contributed by atoms with E-state index >= 15 is 0 Å². The van der Waals surface area contributed by atoms with Crippen LogP contribution in [0.4, 0.5) is 11.5 Å². The van der Waals surface area contributed by atoms with E-state index in [1.54, 1.807) is 19.1 Å². The van der Waals surface area contributed by atoms with E-state index in [9.17, 15) is 8.42 Å². The van der Waals surface area contributed by atoms with Gasteiger partial charge in [0, 0.05) is 5.69 Å². The fourth-order valence-electron chi connectivity index (χ4n) is 2.57. The van der Waals surface area contributed by atoms with E-state index in [0.29, 0.717) is 34.1 Å². The summed E-state index contributed by atoms with van der Waals surface area (Å²) in [6.07, 6.45) is 1.53. The van der Waals surface area contributed by atoms with Gasteiger partial charge in [0.05, 0.1) is 11.7 Å². The van der Waals surface area contributed by atoms with Crippen LogP contribution >= 0.6 is 0 Å². The maximum absolute atomic E-state index is 11.4. The van der Waals surface area contributed by atoms with Gasteiger partial charge in [-0.05, 0) is 43.3 Å². The van der Waals surface area contributed by atoms with E-state index in [4.69, 9.17) is 4.74 Å². The standard InChI is InChI=1S/C19H15N5O3S/c1-12-20-11-16-17(21-12)18(24-19(23-16)28(25)26)22-13-7-9-15(10-8-13)27-14-5-3-2-4-6-14/h2-11,23H,1H3,(H,22,24). The molecule has 0 atom stereocenters. The molecule has 9 heteroatoms. The molecule has 140 valence electrons. The number of nitrogens with one attached hydrogen (secondary N) is 2. The van der Waals surface area contributed by atoms with Crippen molar-refractivity contribution in [2.24, 2.45) is 0 Å². The number of ether oxygens (including phenoxy) is 1. The maximum atomic E-state index is 11.4. The molecule has 0 unspecified atom stereocenters. The summed E-state index contributed by atoms with van der Waals surface area (Å²) in [6, 6.07) is 16.7. The number of benzene rings is 2. The first-order valence-corrected chi connectivity index (χ1v) is 9.42. The molecule has 8 nitrogen and oxygen atoms in total. The van der Waals surface area contributed by atoms with Gasteiger partial charge in [-0.25, -0.2) is 9.97 Å².